The first-order chi connectivity index (χ1) is 13.6. The van der Waals surface area contributed by atoms with E-state index in [1.165, 1.54) is 50.5 Å². The van der Waals surface area contributed by atoms with Crippen molar-refractivity contribution in [1.29, 1.82) is 0 Å². The summed E-state index contributed by atoms with van der Waals surface area (Å²) in [5.41, 5.74) is 4.92. The maximum atomic E-state index is 6.52. The molecular weight excluding hydrogens is 374 g/mol. The molecule has 0 N–H and O–H groups in total. The van der Waals surface area contributed by atoms with E-state index in [4.69, 9.17) is 9.26 Å². The van der Waals surface area contributed by atoms with E-state index in [1.54, 1.807) is 12.7 Å². The van der Waals surface area contributed by atoms with Gasteiger partial charge in [0.15, 0.2) is 8.32 Å². The Kier molecular flexibility index (Phi) is 5.43. The van der Waals surface area contributed by atoms with Gasteiger partial charge < -0.3 is 9.26 Å². The van der Waals surface area contributed by atoms with Gasteiger partial charge in [-0.1, -0.05) is 36.7 Å². The summed E-state index contributed by atoms with van der Waals surface area (Å²) in [6, 6.07) is 0. The fraction of sp³-hybridized carbons (Fsp3) is 0.800. The van der Waals surface area contributed by atoms with Crippen LogP contribution in [0.1, 0.15) is 65.7 Å². The SMILES string of the molecule is CON=C(C)C1=CC[C@H]2[C@@H]3CC=C4C[C@@H](O[Si](C)(C)C)CC[C@]4(C)[C@H]3CC[C@]12C. The van der Waals surface area contributed by atoms with Crippen molar-refractivity contribution in [2.75, 3.05) is 7.11 Å². The largest absolute Gasteiger partial charge is 0.414 e. The highest BCUT2D eigenvalue weighted by Gasteiger charge is 2.57. The molecule has 4 aliphatic carbocycles. The fourth-order valence-corrected chi connectivity index (χ4v) is 8.74. The van der Waals surface area contributed by atoms with Crippen molar-refractivity contribution in [2.24, 2.45) is 33.7 Å². The number of fused-ring (bicyclic) bond motifs is 5. The lowest BCUT2D eigenvalue weighted by atomic mass is 9.47. The maximum Gasteiger partial charge on any atom is 0.184 e. The average Bonchev–Trinajstić information content (AvgIpc) is 2.98. The first-order valence-corrected chi connectivity index (χ1v) is 15.2. The van der Waals surface area contributed by atoms with Gasteiger partial charge in [0.2, 0.25) is 0 Å². The molecule has 0 aromatic carbocycles. The van der Waals surface area contributed by atoms with Crippen LogP contribution >= 0.6 is 0 Å². The standard InChI is InChI=1S/C25H41NO2Si/c1-17(26-27-4)21-10-11-22-20-9-8-18-16-19(28-29(5,6)7)12-14-24(18,2)23(20)13-15-25(21,22)3/h8,10,19-20,22-23H,9,11-16H2,1-7H3/t19-,20-,22-,23-,24-,25+/m0/s1. The van der Waals surface area contributed by atoms with Crippen molar-refractivity contribution >= 4 is 14.0 Å². The van der Waals surface area contributed by atoms with Gasteiger partial charge in [-0.3, -0.25) is 0 Å². The van der Waals surface area contributed by atoms with Gasteiger partial charge in [-0.05, 0) is 106 Å². The van der Waals surface area contributed by atoms with Crippen molar-refractivity contribution in [3.8, 4) is 0 Å². The Balaban J connectivity index is 1.56. The van der Waals surface area contributed by atoms with Crippen LogP contribution in [0.15, 0.2) is 28.5 Å². The molecule has 29 heavy (non-hydrogen) atoms. The second-order valence-electron chi connectivity index (χ2n) is 11.5. The van der Waals surface area contributed by atoms with Gasteiger partial charge in [-0.15, -0.1) is 0 Å². The highest BCUT2D eigenvalue weighted by Crippen LogP contribution is 2.65. The van der Waals surface area contributed by atoms with Crippen LogP contribution in [-0.4, -0.2) is 27.2 Å². The molecule has 162 valence electrons. The van der Waals surface area contributed by atoms with E-state index >= 15 is 0 Å². The maximum absolute atomic E-state index is 6.52. The van der Waals surface area contributed by atoms with E-state index in [9.17, 15) is 0 Å². The first kappa shape index (κ1) is 21.4. The second-order valence-corrected chi connectivity index (χ2v) is 16.0. The van der Waals surface area contributed by atoms with Crippen LogP contribution < -0.4 is 0 Å². The molecule has 3 nitrogen and oxygen atoms in total. The minimum absolute atomic E-state index is 0.271. The second kappa shape index (κ2) is 7.37. The van der Waals surface area contributed by atoms with Crippen molar-refractivity contribution in [2.45, 2.75) is 91.5 Å². The molecule has 4 rings (SSSR count). The predicted octanol–water partition coefficient (Wildman–Crippen LogP) is 6.73. The predicted molar refractivity (Wildman–Crippen MR) is 124 cm³/mol. The topological polar surface area (TPSA) is 30.8 Å². The average molecular weight is 416 g/mol. The van der Waals surface area contributed by atoms with Crippen molar-refractivity contribution < 1.29 is 9.26 Å². The van der Waals surface area contributed by atoms with Gasteiger partial charge >= 0.3 is 0 Å². The normalized spacial score (nSPS) is 42.4. The quantitative estimate of drug-likeness (QED) is 0.221. The third kappa shape index (κ3) is 3.58. The van der Waals surface area contributed by atoms with Gasteiger partial charge in [0, 0.05) is 6.10 Å². The minimum atomic E-state index is -1.47. The number of nitrogens with zero attached hydrogens (tertiary/aromatic N) is 1. The Labute approximate surface area is 179 Å². The van der Waals surface area contributed by atoms with E-state index in [2.05, 4.69) is 57.7 Å². The first-order valence-electron chi connectivity index (χ1n) is 11.7. The molecule has 0 aliphatic heterocycles. The Hall–Kier alpha value is -0.873. The monoisotopic (exact) mass is 415 g/mol. The van der Waals surface area contributed by atoms with E-state index < -0.39 is 8.32 Å². The van der Waals surface area contributed by atoms with Gasteiger partial charge in [-0.2, -0.15) is 0 Å². The lowest BCUT2D eigenvalue weighted by Crippen LogP contribution is -2.51. The zero-order chi connectivity index (χ0) is 21.0. The molecule has 0 bridgehead atoms. The molecule has 0 aromatic rings. The summed E-state index contributed by atoms with van der Waals surface area (Å²) in [6.45, 7) is 14.2. The lowest BCUT2D eigenvalue weighted by Gasteiger charge is -2.58. The Morgan fingerprint density at radius 1 is 1.03 bits per heavy atom. The highest BCUT2D eigenvalue weighted by molar-refractivity contribution is 6.69. The highest BCUT2D eigenvalue weighted by atomic mass is 28.4. The summed E-state index contributed by atoms with van der Waals surface area (Å²) in [5, 5.41) is 4.29. The molecule has 0 saturated heterocycles. The summed E-state index contributed by atoms with van der Waals surface area (Å²) >= 11 is 0. The molecule has 4 heteroatoms. The summed E-state index contributed by atoms with van der Waals surface area (Å²) in [5.74, 6) is 2.39. The Bertz CT molecular complexity index is 748. The van der Waals surface area contributed by atoms with Crippen LogP contribution in [0.4, 0.5) is 0 Å². The molecule has 0 spiro atoms. The molecule has 6 atom stereocenters. The zero-order valence-corrected chi connectivity index (χ0v) is 20.7. The van der Waals surface area contributed by atoms with Gasteiger partial charge in [0.05, 0.1) is 5.71 Å². The van der Waals surface area contributed by atoms with Crippen LogP contribution in [0.5, 0.6) is 0 Å². The summed E-state index contributed by atoms with van der Waals surface area (Å²) < 4.78 is 6.52. The van der Waals surface area contributed by atoms with Crippen molar-refractivity contribution in [3.63, 3.8) is 0 Å². The number of allylic oxidation sites excluding steroid dienone is 3. The third-order valence-corrected chi connectivity index (χ3v) is 9.82. The van der Waals surface area contributed by atoms with Gasteiger partial charge in [0.25, 0.3) is 0 Å². The van der Waals surface area contributed by atoms with Crippen LogP contribution in [0.3, 0.4) is 0 Å². The zero-order valence-electron chi connectivity index (χ0n) is 19.7. The lowest BCUT2D eigenvalue weighted by molar-refractivity contribution is -0.0262. The molecule has 0 aromatic heterocycles. The van der Waals surface area contributed by atoms with E-state index in [1.807, 2.05) is 0 Å². The van der Waals surface area contributed by atoms with E-state index in [-0.39, 0.29) is 5.41 Å². The number of rotatable bonds is 4. The molecule has 2 fully saturated rings. The van der Waals surface area contributed by atoms with Crippen LogP contribution in [0, 0.1) is 28.6 Å². The van der Waals surface area contributed by atoms with Crippen molar-refractivity contribution in [3.05, 3.63) is 23.3 Å². The molecular formula is C25H41NO2Si. The summed E-state index contributed by atoms with van der Waals surface area (Å²) in [6.07, 6.45) is 14.4. The molecule has 0 radical (unpaired) electrons. The van der Waals surface area contributed by atoms with E-state index in [0.29, 0.717) is 11.5 Å². The molecule has 0 unspecified atom stereocenters. The van der Waals surface area contributed by atoms with Gasteiger partial charge in [0.1, 0.15) is 7.11 Å². The minimum Gasteiger partial charge on any atom is -0.414 e. The molecule has 0 heterocycles. The molecule has 2 saturated carbocycles. The van der Waals surface area contributed by atoms with Crippen molar-refractivity contribution in [1.82, 2.24) is 0 Å². The Morgan fingerprint density at radius 2 is 1.76 bits per heavy atom. The Morgan fingerprint density at radius 3 is 2.45 bits per heavy atom. The summed E-state index contributed by atoms with van der Waals surface area (Å²) in [4.78, 5) is 5.11. The van der Waals surface area contributed by atoms with Crippen LogP contribution in [0.25, 0.3) is 0 Å². The molecule has 0 amide bonds. The van der Waals surface area contributed by atoms with Crippen LogP contribution in [0.2, 0.25) is 19.6 Å². The van der Waals surface area contributed by atoms with Crippen LogP contribution in [-0.2, 0) is 9.26 Å². The number of oxime groups is 1. The fourth-order valence-electron chi connectivity index (χ4n) is 7.54. The number of hydrogen-bond donors (Lipinski definition) is 0. The summed E-state index contributed by atoms with van der Waals surface area (Å²) in [7, 11) is 0.190. The third-order valence-electron chi connectivity index (χ3n) is 8.78. The molecule has 4 aliphatic rings. The number of hydrogen-bond acceptors (Lipinski definition) is 3. The van der Waals surface area contributed by atoms with E-state index in [0.717, 1.165) is 23.5 Å². The van der Waals surface area contributed by atoms with Gasteiger partial charge in [-0.25, -0.2) is 0 Å². The smallest absolute Gasteiger partial charge is 0.184 e.